The highest BCUT2D eigenvalue weighted by molar-refractivity contribution is 7.21. The number of thiophene rings is 1. The molecule has 0 saturated carbocycles. The molecule has 4 nitrogen and oxygen atoms in total. The standard InChI is InChI=1S/C18H22ClN3OS2.ClH/c1-21-14(9-12(18(21)23)11-22-6-3-2-4-7-22)15-10-20-17(25-15)16-13(19)5-8-24-16;/h5,8,10,12,14H,2-4,6-7,9,11H2,1H3;1H/t12-,14+;/m0./s1. The Morgan fingerprint density at radius 3 is 2.77 bits per heavy atom. The van der Waals surface area contributed by atoms with Crippen molar-refractivity contribution >= 4 is 52.6 Å². The number of nitrogens with zero attached hydrogens (tertiary/aromatic N) is 3. The van der Waals surface area contributed by atoms with Gasteiger partial charge >= 0.3 is 0 Å². The van der Waals surface area contributed by atoms with Crippen LogP contribution in [0, 0.1) is 5.92 Å². The molecule has 2 fully saturated rings. The molecule has 2 aromatic heterocycles. The molecule has 0 radical (unpaired) electrons. The summed E-state index contributed by atoms with van der Waals surface area (Å²) in [5.74, 6) is 0.392. The summed E-state index contributed by atoms with van der Waals surface area (Å²) in [5, 5.41) is 3.69. The zero-order valence-electron chi connectivity index (χ0n) is 14.7. The average molecular weight is 432 g/mol. The van der Waals surface area contributed by atoms with Crippen LogP contribution in [-0.2, 0) is 4.79 Å². The minimum absolute atomic E-state index is 0. The highest BCUT2D eigenvalue weighted by Crippen LogP contribution is 2.42. The van der Waals surface area contributed by atoms with Gasteiger partial charge in [0.15, 0.2) is 0 Å². The molecule has 0 unspecified atom stereocenters. The number of hydrogen-bond acceptors (Lipinski definition) is 5. The van der Waals surface area contributed by atoms with Gasteiger partial charge in [-0.3, -0.25) is 4.79 Å². The molecule has 2 saturated heterocycles. The summed E-state index contributed by atoms with van der Waals surface area (Å²) in [6.45, 7) is 3.18. The van der Waals surface area contributed by atoms with Crippen molar-refractivity contribution in [3.63, 3.8) is 0 Å². The predicted molar refractivity (Wildman–Crippen MR) is 112 cm³/mol. The van der Waals surface area contributed by atoms with Gasteiger partial charge in [0.25, 0.3) is 0 Å². The molecule has 1 amide bonds. The zero-order chi connectivity index (χ0) is 17.4. The van der Waals surface area contributed by atoms with Gasteiger partial charge < -0.3 is 9.80 Å². The number of aromatic nitrogens is 1. The van der Waals surface area contributed by atoms with Crippen molar-refractivity contribution in [3.8, 4) is 9.88 Å². The topological polar surface area (TPSA) is 36.4 Å². The molecule has 0 aromatic carbocycles. The lowest BCUT2D eigenvalue weighted by Crippen LogP contribution is -2.36. The van der Waals surface area contributed by atoms with Crippen LogP contribution in [0.2, 0.25) is 5.02 Å². The minimum Gasteiger partial charge on any atom is -0.338 e. The van der Waals surface area contributed by atoms with Gasteiger partial charge in [0, 0.05) is 24.7 Å². The molecule has 2 aliphatic rings. The lowest BCUT2D eigenvalue weighted by molar-refractivity contribution is -0.131. The third-order valence-electron chi connectivity index (χ3n) is 5.26. The maximum absolute atomic E-state index is 12.7. The molecule has 4 rings (SSSR count). The Balaban J connectivity index is 0.00000196. The Morgan fingerprint density at radius 2 is 2.08 bits per heavy atom. The maximum Gasteiger partial charge on any atom is 0.227 e. The second-order valence-electron chi connectivity index (χ2n) is 6.92. The molecule has 2 aromatic rings. The second kappa shape index (κ2) is 8.57. The molecule has 26 heavy (non-hydrogen) atoms. The lowest BCUT2D eigenvalue weighted by Gasteiger charge is -2.28. The van der Waals surface area contributed by atoms with Gasteiger partial charge in [-0.15, -0.1) is 35.1 Å². The first kappa shape index (κ1) is 20.1. The number of halogens is 2. The summed E-state index contributed by atoms with van der Waals surface area (Å²) in [7, 11) is 1.93. The van der Waals surface area contributed by atoms with Crippen molar-refractivity contribution in [2.45, 2.75) is 31.7 Å². The van der Waals surface area contributed by atoms with Crippen LogP contribution in [0.25, 0.3) is 9.88 Å². The second-order valence-corrected chi connectivity index (χ2v) is 9.31. The molecule has 0 aliphatic carbocycles. The molecule has 142 valence electrons. The van der Waals surface area contributed by atoms with E-state index in [1.807, 2.05) is 29.6 Å². The van der Waals surface area contributed by atoms with Crippen LogP contribution < -0.4 is 0 Å². The van der Waals surface area contributed by atoms with Gasteiger partial charge in [-0.05, 0) is 43.8 Å². The zero-order valence-corrected chi connectivity index (χ0v) is 17.9. The SMILES string of the molecule is CN1C(=O)[C@H](CN2CCCCC2)C[C@@H]1c1cnc(-c2sccc2Cl)s1.Cl. The first-order valence-corrected chi connectivity index (χ1v) is 10.9. The molecule has 8 heteroatoms. The summed E-state index contributed by atoms with van der Waals surface area (Å²) < 4.78 is 0. The van der Waals surface area contributed by atoms with Gasteiger partial charge in [-0.25, -0.2) is 4.98 Å². The molecule has 4 heterocycles. The van der Waals surface area contributed by atoms with Crippen LogP contribution in [0.15, 0.2) is 17.6 Å². The monoisotopic (exact) mass is 431 g/mol. The third kappa shape index (κ3) is 3.94. The number of amides is 1. The summed E-state index contributed by atoms with van der Waals surface area (Å²) in [6, 6.07) is 2.05. The van der Waals surface area contributed by atoms with Crippen molar-refractivity contribution in [1.29, 1.82) is 0 Å². The van der Waals surface area contributed by atoms with Gasteiger partial charge in [-0.1, -0.05) is 18.0 Å². The fourth-order valence-electron chi connectivity index (χ4n) is 3.88. The predicted octanol–water partition coefficient (Wildman–Crippen LogP) is 4.95. The van der Waals surface area contributed by atoms with Crippen LogP contribution in [0.4, 0.5) is 0 Å². The Hall–Kier alpha value is -0.660. The minimum atomic E-state index is 0. The number of thiazole rings is 1. The molecule has 0 N–H and O–H groups in total. The van der Waals surface area contributed by atoms with E-state index >= 15 is 0 Å². The van der Waals surface area contributed by atoms with Crippen molar-refractivity contribution in [1.82, 2.24) is 14.8 Å². The average Bonchev–Trinajstić information content (AvgIpc) is 3.32. The molecule has 2 aliphatic heterocycles. The van der Waals surface area contributed by atoms with E-state index < -0.39 is 0 Å². The van der Waals surface area contributed by atoms with E-state index in [9.17, 15) is 4.79 Å². The molecule has 0 spiro atoms. The van der Waals surface area contributed by atoms with Crippen molar-refractivity contribution in [3.05, 3.63) is 27.5 Å². The maximum atomic E-state index is 12.7. The number of rotatable bonds is 4. The number of hydrogen-bond donors (Lipinski definition) is 0. The summed E-state index contributed by atoms with van der Waals surface area (Å²) in [4.78, 5) is 23.8. The Morgan fingerprint density at radius 1 is 1.31 bits per heavy atom. The van der Waals surface area contributed by atoms with E-state index in [1.165, 1.54) is 19.3 Å². The Labute approximate surface area is 173 Å². The molecular formula is C18H23Cl2N3OS2. The highest BCUT2D eigenvalue weighted by Gasteiger charge is 2.39. The normalized spacial score (nSPS) is 24.1. The number of carbonyl (C=O) groups is 1. The van der Waals surface area contributed by atoms with E-state index in [2.05, 4.69) is 9.88 Å². The fourth-order valence-corrected chi connectivity index (χ4v) is 6.26. The summed E-state index contributed by atoms with van der Waals surface area (Å²) >= 11 is 9.51. The number of piperidine rings is 1. The van der Waals surface area contributed by atoms with Crippen molar-refractivity contribution in [2.24, 2.45) is 5.92 Å². The molecule has 2 atom stereocenters. The summed E-state index contributed by atoms with van der Waals surface area (Å²) in [6.07, 6.45) is 6.67. The molecular weight excluding hydrogens is 409 g/mol. The Kier molecular flexibility index (Phi) is 6.62. The smallest absolute Gasteiger partial charge is 0.227 e. The van der Waals surface area contributed by atoms with E-state index in [4.69, 9.17) is 11.6 Å². The van der Waals surface area contributed by atoms with Crippen molar-refractivity contribution < 1.29 is 4.79 Å². The first-order chi connectivity index (χ1) is 12.1. The van der Waals surface area contributed by atoms with Gasteiger partial charge in [0.05, 0.1) is 21.9 Å². The summed E-state index contributed by atoms with van der Waals surface area (Å²) in [5.41, 5.74) is 0. The number of carbonyl (C=O) groups excluding carboxylic acids is 1. The van der Waals surface area contributed by atoms with E-state index in [-0.39, 0.29) is 30.3 Å². The van der Waals surface area contributed by atoms with Gasteiger partial charge in [0.1, 0.15) is 5.01 Å². The van der Waals surface area contributed by atoms with E-state index in [0.29, 0.717) is 0 Å². The van der Waals surface area contributed by atoms with Crippen molar-refractivity contribution in [2.75, 3.05) is 26.7 Å². The van der Waals surface area contributed by atoms with Crippen LogP contribution in [0.5, 0.6) is 0 Å². The third-order valence-corrected chi connectivity index (χ3v) is 7.86. The van der Waals surface area contributed by atoms with Gasteiger partial charge in [0.2, 0.25) is 5.91 Å². The van der Waals surface area contributed by atoms with Crippen LogP contribution in [0.3, 0.4) is 0 Å². The highest BCUT2D eigenvalue weighted by atomic mass is 35.5. The van der Waals surface area contributed by atoms with E-state index in [1.54, 1.807) is 22.7 Å². The van der Waals surface area contributed by atoms with Crippen LogP contribution in [-0.4, -0.2) is 47.4 Å². The van der Waals surface area contributed by atoms with Crippen LogP contribution in [0.1, 0.15) is 36.6 Å². The molecule has 0 bridgehead atoms. The van der Waals surface area contributed by atoms with Gasteiger partial charge in [-0.2, -0.15) is 0 Å². The fraction of sp³-hybridized carbons (Fsp3) is 0.556. The van der Waals surface area contributed by atoms with Crippen LogP contribution >= 0.6 is 46.7 Å². The first-order valence-electron chi connectivity index (χ1n) is 8.81. The largest absolute Gasteiger partial charge is 0.338 e. The lowest BCUT2D eigenvalue weighted by atomic mass is 10.0. The van der Waals surface area contributed by atoms with E-state index in [0.717, 1.165) is 45.8 Å². The quantitative estimate of drug-likeness (QED) is 0.686. The number of likely N-dealkylation sites (tertiary alicyclic amines) is 2. The Bertz CT molecular complexity index is 757.